The Bertz CT molecular complexity index is 115. The monoisotopic (exact) mass is 143 g/mol. The second-order valence-electron chi connectivity index (χ2n) is 2.60. The molecule has 0 aliphatic carbocycles. The highest BCUT2D eigenvalue weighted by molar-refractivity contribution is 5.79. The second-order valence-corrected chi connectivity index (χ2v) is 2.60. The van der Waals surface area contributed by atoms with Crippen molar-refractivity contribution in [2.24, 2.45) is 0 Å². The van der Waals surface area contributed by atoms with E-state index in [0.717, 1.165) is 13.1 Å². The molecule has 1 fully saturated rings. The average molecular weight is 143 g/mol. The maximum absolute atomic E-state index is 10.7. The molecule has 1 aliphatic rings. The quantitative estimate of drug-likeness (QED) is 0.574. The fraction of sp³-hybridized carbons (Fsp3) is 0.857. The minimum Gasteiger partial charge on any atom is -0.395 e. The van der Waals surface area contributed by atoms with Gasteiger partial charge in [-0.25, -0.2) is 0 Å². The molecule has 3 nitrogen and oxygen atoms in total. The Morgan fingerprint density at radius 1 is 1.40 bits per heavy atom. The van der Waals surface area contributed by atoms with Crippen molar-refractivity contribution >= 4 is 5.78 Å². The first-order valence-corrected chi connectivity index (χ1v) is 3.68. The summed E-state index contributed by atoms with van der Waals surface area (Å²) >= 11 is 0. The number of ketones is 1. The zero-order chi connectivity index (χ0) is 7.40. The van der Waals surface area contributed by atoms with Gasteiger partial charge in [0.05, 0.1) is 6.61 Å². The van der Waals surface area contributed by atoms with Crippen molar-refractivity contribution in [3.63, 3.8) is 0 Å². The van der Waals surface area contributed by atoms with E-state index in [0.29, 0.717) is 25.2 Å². The lowest BCUT2D eigenvalue weighted by Crippen LogP contribution is -2.35. The Balaban J connectivity index is 2.19. The van der Waals surface area contributed by atoms with Crippen molar-refractivity contribution in [3.8, 4) is 0 Å². The molecule has 1 heterocycles. The Kier molecular flexibility index (Phi) is 2.83. The van der Waals surface area contributed by atoms with Gasteiger partial charge in [-0.1, -0.05) is 0 Å². The molecule has 0 aromatic heterocycles. The minimum atomic E-state index is 0.203. The Hall–Kier alpha value is -0.410. The maximum atomic E-state index is 10.7. The van der Waals surface area contributed by atoms with Crippen LogP contribution in [0.15, 0.2) is 0 Å². The predicted molar refractivity (Wildman–Crippen MR) is 37.8 cm³/mol. The summed E-state index contributed by atoms with van der Waals surface area (Å²) in [6.45, 7) is 2.58. The van der Waals surface area contributed by atoms with Gasteiger partial charge in [-0.15, -0.1) is 0 Å². The standard InChI is InChI=1S/C7H13NO2/c9-6-5-8-3-1-7(10)2-4-8/h9H,1-6H2. The number of carbonyl (C=O) groups excluding carboxylic acids is 1. The molecule has 10 heavy (non-hydrogen) atoms. The summed E-state index contributed by atoms with van der Waals surface area (Å²) in [6.07, 6.45) is 1.33. The van der Waals surface area contributed by atoms with Crippen LogP contribution in [0.25, 0.3) is 0 Å². The minimum absolute atomic E-state index is 0.203. The van der Waals surface area contributed by atoms with Gasteiger partial charge >= 0.3 is 0 Å². The number of hydrogen-bond acceptors (Lipinski definition) is 3. The zero-order valence-electron chi connectivity index (χ0n) is 6.05. The Labute approximate surface area is 60.6 Å². The number of rotatable bonds is 2. The molecule has 0 amide bonds. The van der Waals surface area contributed by atoms with E-state index in [1.807, 2.05) is 0 Å². The number of Topliss-reactive ketones (excluding diaryl/α,β-unsaturated/α-hetero) is 1. The van der Waals surface area contributed by atoms with Crippen LogP contribution in [-0.4, -0.2) is 42.0 Å². The van der Waals surface area contributed by atoms with Crippen LogP contribution >= 0.6 is 0 Å². The average Bonchev–Trinajstić information content (AvgIpc) is 1.95. The molecule has 0 aromatic rings. The van der Waals surface area contributed by atoms with Crippen LogP contribution in [0.1, 0.15) is 12.8 Å². The van der Waals surface area contributed by atoms with Crippen LogP contribution in [0.5, 0.6) is 0 Å². The van der Waals surface area contributed by atoms with Crippen LogP contribution in [0, 0.1) is 0 Å². The third kappa shape index (κ3) is 2.08. The summed E-state index contributed by atoms with van der Waals surface area (Å²) in [5.74, 6) is 0.356. The van der Waals surface area contributed by atoms with Crippen LogP contribution in [-0.2, 0) is 4.79 Å². The van der Waals surface area contributed by atoms with Crippen molar-refractivity contribution in [2.75, 3.05) is 26.2 Å². The molecule has 0 atom stereocenters. The lowest BCUT2D eigenvalue weighted by atomic mass is 10.1. The molecule has 0 aromatic carbocycles. The van der Waals surface area contributed by atoms with E-state index in [4.69, 9.17) is 5.11 Å². The van der Waals surface area contributed by atoms with Crippen LogP contribution in [0.4, 0.5) is 0 Å². The lowest BCUT2D eigenvalue weighted by molar-refractivity contribution is -0.121. The molecule has 0 saturated carbocycles. The highest BCUT2D eigenvalue weighted by atomic mass is 16.3. The first kappa shape index (κ1) is 7.69. The second kappa shape index (κ2) is 3.68. The molecule has 1 aliphatic heterocycles. The van der Waals surface area contributed by atoms with Crippen molar-refractivity contribution < 1.29 is 9.90 Å². The van der Waals surface area contributed by atoms with Crippen molar-refractivity contribution in [3.05, 3.63) is 0 Å². The van der Waals surface area contributed by atoms with E-state index in [-0.39, 0.29) is 6.61 Å². The van der Waals surface area contributed by atoms with Gasteiger partial charge < -0.3 is 10.0 Å². The predicted octanol–water partition coefficient (Wildman–Crippen LogP) is -0.356. The summed E-state index contributed by atoms with van der Waals surface area (Å²) in [7, 11) is 0. The molecule has 1 N–H and O–H groups in total. The molecule has 1 saturated heterocycles. The van der Waals surface area contributed by atoms with Gasteiger partial charge in [-0.3, -0.25) is 4.79 Å². The number of hydrogen-bond donors (Lipinski definition) is 1. The molecule has 0 unspecified atom stereocenters. The molecule has 3 heteroatoms. The van der Waals surface area contributed by atoms with Crippen LogP contribution in [0.2, 0.25) is 0 Å². The van der Waals surface area contributed by atoms with E-state index in [2.05, 4.69) is 4.90 Å². The van der Waals surface area contributed by atoms with E-state index in [1.54, 1.807) is 0 Å². The van der Waals surface area contributed by atoms with Crippen LogP contribution < -0.4 is 0 Å². The molecular weight excluding hydrogens is 130 g/mol. The number of nitrogens with zero attached hydrogens (tertiary/aromatic N) is 1. The molecule has 0 radical (unpaired) electrons. The van der Waals surface area contributed by atoms with Crippen molar-refractivity contribution in [2.45, 2.75) is 12.8 Å². The van der Waals surface area contributed by atoms with Gasteiger partial charge in [0.15, 0.2) is 0 Å². The third-order valence-corrected chi connectivity index (χ3v) is 1.83. The molecule has 0 bridgehead atoms. The van der Waals surface area contributed by atoms with E-state index in [1.165, 1.54) is 0 Å². The largest absolute Gasteiger partial charge is 0.395 e. The number of β-amino-alcohol motifs (C(OH)–C–C–N with tert-alkyl or cyclic N) is 1. The topological polar surface area (TPSA) is 40.5 Å². The number of aliphatic hydroxyl groups excluding tert-OH is 1. The molecular formula is C7H13NO2. The molecule has 58 valence electrons. The SMILES string of the molecule is O=C1CCN(CCO)CC1. The Morgan fingerprint density at radius 2 is 2.00 bits per heavy atom. The fourth-order valence-corrected chi connectivity index (χ4v) is 1.17. The number of piperidine rings is 1. The molecule has 0 spiro atoms. The van der Waals surface area contributed by atoms with Gasteiger partial charge in [0.1, 0.15) is 5.78 Å². The number of carbonyl (C=O) groups is 1. The van der Waals surface area contributed by atoms with Crippen LogP contribution in [0.3, 0.4) is 0 Å². The summed E-state index contributed by atoms with van der Waals surface area (Å²) in [5.41, 5.74) is 0. The van der Waals surface area contributed by atoms with Gasteiger partial charge in [0.25, 0.3) is 0 Å². The van der Waals surface area contributed by atoms with Gasteiger partial charge in [0.2, 0.25) is 0 Å². The number of likely N-dealkylation sites (tertiary alicyclic amines) is 1. The van der Waals surface area contributed by atoms with E-state index < -0.39 is 0 Å². The smallest absolute Gasteiger partial charge is 0.135 e. The summed E-state index contributed by atoms with van der Waals surface area (Å²) < 4.78 is 0. The Morgan fingerprint density at radius 3 is 2.50 bits per heavy atom. The van der Waals surface area contributed by atoms with Gasteiger partial charge in [-0.05, 0) is 0 Å². The van der Waals surface area contributed by atoms with Crippen molar-refractivity contribution in [1.29, 1.82) is 0 Å². The van der Waals surface area contributed by atoms with Gasteiger partial charge in [-0.2, -0.15) is 0 Å². The van der Waals surface area contributed by atoms with E-state index in [9.17, 15) is 4.79 Å². The summed E-state index contributed by atoms with van der Waals surface area (Å²) in [5, 5.41) is 8.56. The first-order valence-electron chi connectivity index (χ1n) is 3.68. The lowest BCUT2D eigenvalue weighted by Gasteiger charge is -2.24. The van der Waals surface area contributed by atoms with E-state index >= 15 is 0 Å². The van der Waals surface area contributed by atoms with Crippen molar-refractivity contribution in [1.82, 2.24) is 4.90 Å². The highest BCUT2D eigenvalue weighted by Crippen LogP contribution is 2.03. The zero-order valence-corrected chi connectivity index (χ0v) is 6.05. The fourth-order valence-electron chi connectivity index (χ4n) is 1.17. The third-order valence-electron chi connectivity index (χ3n) is 1.83. The summed E-state index contributed by atoms with van der Waals surface area (Å²) in [6, 6.07) is 0. The number of aliphatic hydroxyl groups is 1. The van der Waals surface area contributed by atoms with Gasteiger partial charge in [0, 0.05) is 32.5 Å². The normalized spacial score (nSPS) is 21.5. The summed E-state index contributed by atoms with van der Waals surface area (Å²) in [4.78, 5) is 12.8. The maximum Gasteiger partial charge on any atom is 0.135 e. The molecule has 1 rings (SSSR count). The highest BCUT2D eigenvalue weighted by Gasteiger charge is 2.14. The first-order chi connectivity index (χ1) is 4.83.